The fraction of sp³-hybridized carbons (Fsp3) is 0.391. The van der Waals surface area contributed by atoms with Crippen molar-refractivity contribution in [2.75, 3.05) is 40.3 Å². The van der Waals surface area contributed by atoms with Gasteiger partial charge in [0, 0.05) is 37.7 Å². The number of carbonyl (C=O) groups excluding carboxylic acids is 2. The largest absolute Gasteiger partial charge is 0.355 e. The van der Waals surface area contributed by atoms with Crippen LogP contribution in [-0.2, 0) is 4.79 Å². The lowest BCUT2D eigenvalue weighted by atomic mass is 9.83. The van der Waals surface area contributed by atoms with Crippen LogP contribution in [0.5, 0.6) is 0 Å². The highest BCUT2D eigenvalue weighted by Gasteiger charge is 2.34. The van der Waals surface area contributed by atoms with Gasteiger partial charge in [-0.3, -0.25) is 9.59 Å². The van der Waals surface area contributed by atoms with Crippen LogP contribution in [0.4, 0.5) is 4.39 Å². The zero-order valence-electron chi connectivity index (χ0n) is 17.0. The summed E-state index contributed by atoms with van der Waals surface area (Å²) in [6.07, 6.45) is 0.685. The van der Waals surface area contributed by atoms with Gasteiger partial charge in [-0.05, 0) is 44.3 Å². The van der Waals surface area contributed by atoms with E-state index < -0.39 is 5.82 Å². The highest BCUT2D eigenvalue weighted by Crippen LogP contribution is 2.31. The summed E-state index contributed by atoms with van der Waals surface area (Å²) in [7, 11) is 3.91. The first-order chi connectivity index (χ1) is 13.9. The fourth-order valence-electron chi connectivity index (χ4n) is 3.77. The van der Waals surface area contributed by atoms with E-state index in [1.165, 1.54) is 18.2 Å². The number of benzene rings is 2. The molecule has 2 aromatic carbocycles. The average Bonchev–Trinajstić information content (AvgIpc) is 2.73. The maximum atomic E-state index is 13.6. The molecule has 0 spiro atoms. The third-order valence-electron chi connectivity index (χ3n) is 5.31. The zero-order chi connectivity index (χ0) is 20.8. The molecular weight excluding hydrogens is 369 g/mol. The Hall–Kier alpha value is -2.73. The number of likely N-dealkylation sites (N-methyl/N-ethyl adjacent to an activating group) is 1. The number of hydrogen-bond donors (Lipinski definition) is 1. The van der Waals surface area contributed by atoms with Gasteiger partial charge >= 0.3 is 0 Å². The van der Waals surface area contributed by atoms with E-state index in [0.29, 0.717) is 31.6 Å². The number of nitrogens with zero attached hydrogens (tertiary/aromatic N) is 2. The molecule has 1 heterocycles. The van der Waals surface area contributed by atoms with Gasteiger partial charge in [0.15, 0.2) is 0 Å². The number of nitrogens with one attached hydrogen (secondary N) is 1. The minimum atomic E-state index is -0.439. The zero-order valence-corrected chi connectivity index (χ0v) is 17.0. The lowest BCUT2D eigenvalue weighted by molar-refractivity contribution is -0.126. The third kappa shape index (κ3) is 5.64. The van der Waals surface area contributed by atoms with Gasteiger partial charge < -0.3 is 15.1 Å². The minimum absolute atomic E-state index is 0.0375. The number of halogens is 1. The van der Waals surface area contributed by atoms with E-state index >= 15 is 0 Å². The molecule has 6 heteroatoms. The predicted molar refractivity (Wildman–Crippen MR) is 111 cm³/mol. The van der Waals surface area contributed by atoms with Crippen LogP contribution in [0.25, 0.3) is 0 Å². The van der Waals surface area contributed by atoms with E-state index in [0.717, 1.165) is 12.1 Å². The number of amides is 2. The Morgan fingerprint density at radius 2 is 1.86 bits per heavy atom. The third-order valence-corrected chi connectivity index (χ3v) is 5.31. The van der Waals surface area contributed by atoms with Crippen LogP contribution >= 0.6 is 0 Å². The van der Waals surface area contributed by atoms with Crippen LogP contribution < -0.4 is 5.32 Å². The summed E-state index contributed by atoms with van der Waals surface area (Å²) in [5.41, 5.74) is 1.42. The first-order valence-electron chi connectivity index (χ1n) is 9.96. The number of piperidine rings is 1. The second-order valence-corrected chi connectivity index (χ2v) is 7.86. The van der Waals surface area contributed by atoms with Crippen molar-refractivity contribution in [3.05, 3.63) is 71.5 Å². The van der Waals surface area contributed by atoms with Crippen molar-refractivity contribution >= 4 is 11.8 Å². The number of hydrogen-bond acceptors (Lipinski definition) is 3. The Kier molecular flexibility index (Phi) is 6.99. The van der Waals surface area contributed by atoms with Gasteiger partial charge in [-0.25, -0.2) is 4.39 Å². The molecule has 0 bridgehead atoms. The summed E-state index contributed by atoms with van der Waals surface area (Å²) in [6.45, 7) is 2.18. The van der Waals surface area contributed by atoms with Gasteiger partial charge in [-0.1, -0.05) is 36.4 Å². The molecule has 154 valence electrons. The minimum Gasteiger partial charge on any atom is -0.355 e. The molecule has 1 aliphatic heterocycles. The van der Waals surface area contributed by atoms with Crippen LogP contribution in [0, 0.1) is 11.7 Å². The van der Waals surface area contributed by atoms with Gasteiger partial charge in [-0.15, -0.1) is 0 Å². The van der Waals surface area contributed by atoms with Crippen molar-refractivity contribution in [3.8, 4) is 0 Å². The lowest BCUT2D eigenvalue weighted by Gasteiger charge is -2.37. The Morgan fingerprint density at radius 3 is 2.55 bits per heavy atom. The van der Waals surface area contributed by atoms with E-state index in [-0.39, 0.29) is 23.7 Å². The Balaban J connectivity index is 1.78. The lowest BCUT2D eigenvalue weighted by Crippen LogP contribution is -2.48. The van der Waals surface area contributed by atoms with Gasteiger partial charge in [0.2, 0.25) is 5.91 Å². The maximum Gasteiger partial charge on any atom is 0.253 e. The van der Waals surface area contributed by atoms with Crippen molar-refractivity contribution in [3.63, 3.8) is 0 Å². The summed E-state index contributed by atoms with van der Waals surface area (Å²) < 4.78 is 13.6. The quantitative estimate of drug-likeness (QED) is 0.816. The van der Waals surface area contributed by atoms with Crippen LogP contribution in [-0.4, -0.2) is 61.9 Å². The molecule has 3 rings (SSSR count). The molecule has 0 radical (unpaired) electrons. The number of rotatable bonds is 6. The SMILES string of the molecule is CN(C)CCNC(=O)C1CC(c2ccccc2)CN(C(=O)c2cccc(F)c2)C1. The standard InChI is InChI=1S/C23H28FN3O2/c1-26(2)12-11-25-22(28)20-13-19(17-7-4-3-5-8-17)15-27(16-20)23(29)18-9-6-10-21(24)14-18/h3-10,14,19-20H,11-13,15-16H2,1-2H3,(H,25,28). The van der Waals surface area contributed by atoms with Crippen molar-refractivity contribution in [1.29, 1.82) is 0 Å². The number of likely N-dealkylation sites (tertiary alicyclic amines) is 1. The smallest absolute Gasteiger partial charge is 0.253 e. The summed E-state index contributed by atoms with van der Waals surface area (Å²) in [5, 5.41) is 2.99. The van der Waals surface area contributed by atoms with E-state index in [4.69, 9.17) is 0 Å². The highest BCUT2D eigenvalue weighted by atomic mass is 19.1. The fourth-order valence-corrected chi connectivity index (χ4v) is 3.77. The molecular formula is C23H28FN3O2. The molecule has 1 fully saturated rings. The molecule has 0 aromatic heterocycles. The average molecular weight is 397 g/mol. The number of carbonyl (C=O) groups is 2. The summed E-state index contributed by atoms with van der Waals surface area (Å²) in [4.78, 5) is 29.5. The van der Waals surface area contributed by atoms with Gasteiger partial charge in [0.25, 0.3) is 5.91 Å². The van der Waals surface area contributed by atoms with E-state index in [9.17, 15) is 14.0 Å². The predicted octanol–water partition coefficient (Wildman–Crippen LogP) is 2.75. The molecule has 1 aliphatic rings. The molecule has 0 saturated carbocycles. The molecule has 1 N–H and O–H groups in total. The molecule has 29 heavy (non-hydrogen) atoms. The maximum absolute atomic E-state index is 13.6. The van der Waals surface area contributed by atoms with Crippen molar-refractivity contribution < 1.29 is 14.0 Å². The van der Waals surface area contributed by atoms with Gasteiger partial charge in [0.1, 0.15) is 5.82 Å². The molecule has 5 nitrogen and oxygen atoms in total. The molecule has 2 atom stereocenters. The second kappa shape index (κ2) is 9.65. The highest BCUT2D eigenvalue weighted by molar-refractivity contribution is 5.94. The first kappa shape index (κ1) is 21.0. The van der Waals surface area contributed by atoms with Crippen molar-refractivity contribution in [2.45, 2.75) is 12.3 Å². The molecule has 2 aromatic rings. The van der Waals surface area contributed by atoms with Crippen molar-refractivity contribution in [1.82, 2.24) is 15.1 Å². The normalized spacial score (nSPS) is 19.2. The molecule has 1 saturated heterocycles. The summed E-state index contributed by atoms with van der Waals surface area (Å²) in [6, 6.07) is 15.7. The second-order valence-electron chi connectivity index (χ2n) is 7.86. The van der Waals surface area contributed by atoms with Crippen LogP contribution in [0.15, 0.2) is 54.6 Å². The van der Waals surface area contributed by atoms with Crippen LogP contribution in [0.2, 0.25) is 0 Å². The van der Waals surface area contributed by atoms with Crippen molar-refractivity contribution in [2.24, 2.45) is 5.92 Å². The van der Waals surface area contributed by atoms with E-state index in [1.807, 2.05) is 49.3 Å². The summed E-state index contributed by atoms with van der Waals surface area (Å²) in [5.74, 6) is -0.952. The van der Waals surface area contributed by atoms with E-state index in [2.05, 4.69) is 5.32 Å². The Morgan fingerprint density at radius 1 is 1.10 bits per heavy atom. The first-order valence-corrected chi connectivity index (χ1v) is 9.96. The van der Waals surface area contributed by atoms with E-state index in [1.54, 1.807) is 11.0 Å². The summed E-state index contributed by atoms with van der Waals surface area (Å²) >= 11 is 0. The molecule has 2 amide bonds. The monoisotopic (exact) mass is 397 g/mol. The Bertz CT molecular complexity index is 841. The molecule has 2 unspecified atom stereocenters. The Labute approximate surface area is 171 Å². The van der Waals surface area contributed by atoms with Gasteiger partial charge in [-0.2, -0.15) is 0 Å². The van der Waals surface area contributed by atoms with Crippen LogP contribution in [0.1, 0.15) is 28.3 Å². The molecule has 0 aliphatic carbocycles. The van der Waals surface area contributed by atoms with Crippen LogP contribution in [0.3, 0.4) is 0 Å². The van der Waals surface area contributed by atoms with Gasteiger partial charge in [0.05, 0.1) is 5.92 Å². The topological polar surface area (TPSA) is 52.7 Å².